The summed E-state index contributed by atoms with van der Waals surface area (Å²) in [4.78, 5) is 0.572. The Morgan fingerprint density at radius 2 is 2.29 bits per heavy atom. The van der Waals surface area contributed by atoms with Gasteiger partial charge < -0.3 is 0 Å². The molecule has 0 saturated heterocycles. The van der Waals surface area contributed by atoms with Gasteiger partial charge in [0.1, 0.15) is 5.82 Å². The molecule has 1 heterocycles. The third kappa shape index (κ3) is 2.81. The fraction of sp³-hybridized carbons (Fsp3) is 0.455. The lowest BCUT2D eigenvalue weighted by molar-refractivity contribution is 0.534. The third-order valence-corrected chi connectivity index (χ3v) is 5.29. The molecule has 6 heteroatoms. The van der Waals surface area contributed by atoms with Gasteiger partial charge in [0.15, 0.2) is 0 Å². The van der Waals surface area contributed by atoms with E-state index in [9.17, 15) is 12.8 Å². The van der Waals surface area contributed by atoms with Crippen LogP contribution in [0.4, 0.5) is 4.39 Å². The topological polar surface area (TPSA) is 46.2 Å². The molecule has 0 bridgehead atoms. The van der Waals surface area contributed by atoms with E-state index >= 15 is 0 Å². The van der Waals surface area contributed by atoms with Crippen LogP contribution in [0, 0.1) is 5.82 Å². The summed E-state index contributed by atoms with van der Waals surface area (Å²) >= 11 is 1.44. The van der Waals surface area contributed by atoms with Crippen LogP contribution in [0.25, 0.3) is 0 Å². The highest BCUT2D eigenvalue weighted by Crippen LogP contribution is 2.37. The monoisotopic (exact) mass is 275 g/mol. The maximum absolute atomic E-state index is 13.6. The van der Waals surface area contributed by atoms with Gasteiger partial charge in [0, 0.05) is 10.9 Å². The van der Waals surface area contributed by atoms with Crippen LogP contribution in [0.15, 0.2) is 23.1 Å². The molecule has 2 rings (SSSR count). The first-order chi connectivity index (χ1) is 8.03. The second-order valence-corrected chi connectivity index (χ2v) is 7.02. The van der Waals surface area contributed by atoms with Gasteiger partial charge in [-0.3, -0.25) is 0 Å². The van der Waals surface area contributed by atoms with Crippen molar-refractivity contribution in [3.05, 3.63) is 29.6 Å². The summed E-state index contributed by atoms with van der Waals surface area (Å²) in [5.41, 5.74) is 0.748. The third-order valence-electron chi connectivity index (χ3n) is 2.73. The highest BCUT2D eigenvalue weighted by atomic mass is 32.2. The van der Waals surface area contributed by atoms with Crippen LogP contribution in [0.2, 0.25) is 0 Å². The maximum Gasteiger partial charge on any atom is 0.211 e. The molecule has 1 atom stereocenters. The van der Waals surface area contributed by atoms with E-state index in [0.29, 0.717) is 11.3 Å². The van der Waals surface area contributed by atoms with E-state index in [4.69, 9.17) is 0 Å². The Balaban J connectivity index is 2.33. The van der Waals surface area contributed by atoms with Crippen LogP contribution < -0.4 is 4.72 Å². The highest BCUT2D eigenvalue weighted by Gasteiger charge is 2.25. The Kier molecular flexibility index (Phi) is 3.75. The fourth-order valence-electron chi connectivity index (χ4n) is 1.81. The molecule has 0 aromatic heterocycles. The highest BCUT2D eigenvalue weighted by molar-refractivity contribution is 7.99. The molecule has 0 spiro atoms. The van der Waals surface area contributed by atoms with Gasteiger partial charge >= 0.3 is 0 Å². The smallest absolute Gasteiger partial charge is 0.211 e. The van der Waals surface area contributed by atoms with Gasteiger partial charge in [0.05, 0.1) is 5.75 Å². The van der Waals surface area contributed by atoms with Crippen molar-refractivity contribution in [2.75, 3.05) is 11.5 Å². The molecule has 1 aromatic rings. The van der Waals surface area contributed by atoms with Gasteiger partial charge in [0.25, 0.3) is 0 Å². The zero-order valence-corrected chi connectivity index (χ0v) is 11.1. The molecule has 0 amide bonds. The van der Waals surface area contributed by atoms with Crippen LogP contribution in [0.5, 0.6) is 0 Å². The summed E-state index contributed by atoms with van der Waals surface area (Å²) in [6.07, 6.45) is 0.695. The van der Waals surface area contributed by atoms with Crippen LogP contribution >= 0.6 is 11.8 Å². The van der Waals surface area contributed by atoms with Gasteiger partial charge in [-0.2, -0.15) is 0 Å². The first-order valence-electron chi connectivity index (χ1n) is 5.44. The SMILES string of the molecule is CCS(=O)(=O)NC1CCSc2c(F)cccc21. The summed E-state index contributed by atoms with van der Waals surface area (Å²) in [7, 11) is -3.26. The van der Waals surface area contributed by atoms with E-state index in [1.165, 1.54) is 17.8 Å². The minimum absolute atomic E-state index is 0.0429. The van der Waals surface area contributed by atoms with E-state index in [2.05, 4.69) is 4.72 Å². The van der Waals surface area contributed by atoms with Crippen molar-refractivity contribution < 1.29 is 12.8 Å². The predicted molar refractivity (Wildman–Crippen MR) is 67.1 cm³/mol. The lowest BCUT2D eigenvalue weighted by atomic mass is 10.0. The molecule has 0 radical (unpaired) electrons. The lowest BCUT2D eigenvalue weighted by Gasteiger charge is -2.25. The molecule has 94 valence electrons. The zero-order chi connectivity index (χ0) is 12.5. The van der Waals surface area contributed by atoms with Crippen molar-refractivity contribution >= 4 is 21.8 Å². The van der Waals surface area contributed by atoms with Gasteiger partial charge in [-0.1, -0.05) is 12.1 Å². The molecular weight excluding hydrogens is 261 g/mol. The zero-order valence-electron chi connectivity index (χ0n) is 9.44. The Morgan fingerprint density at radius 3 is 3.00 bits per heavy atom. The molecule has 1 aliphatic rings. The number of thioether (sulfide) groups is 1. The maximum atomic E-state index is 13.6. The van der Waals surface area contributed by atoms with Crippen molar-refractivity contribution in [1.29, 1.82) is 0 Å². The summed E-state index contributed by atoms with van der Waals surface area (Å²) in [6, 6.07) is 4.51. The van der Waals surface area contributed by atoms with E-state index in [1.54, 1.807) is 19.1 Å². The number of hydrogen-bond acceptors (Lipinski definition) is 3. The fourth-order valence-corrected chi connectivity index (χ4v) is 3.79. The van der Waals surface area contributed by atoms with Crippen molar-refractivity contribution in [3.63, 3.8) is 0 Å². The largest absolute Gasteiger partial charge is 0.212 e. The van der Waals surface area contributed by atoms with Crippen LogP contribution in [-0.4, -0.2) is 19.9 Å². The summed E-state index contributed by atoms with van der Waals surface area (Å²) in [5.74, 6) is 0.500. The molecule has 1 unspecified atom stereocenters. The Morgan fingerprint density at radius 1 is 1.53 bits per heavy atom. The van der Waals surface area contributed by atoms with Gasteiger partial charge in [-0.15, -0.1) is 11.8 Å². The van der Waals surface area contributed by atoms with Crippen LogP contribution in [0.3, 0.4) is 0 Å². The molecule has 1 aliphatic heterocycles. The number of halogens is 1. The van der Waals surface area contributed by atoms with Crippen LogP contribution in [0.1, 0.15) is 24.9 Å². The van der Waals surface area contributed by atoms with E-state index in [0.717, 1.165) is 11.3 Å². The minimum atomic E-state index is -3.26. The van der Waals surface area contributed by atoms with Crippen molar-refractivity contribution in [1.82, 2.24) is 4.72 Å². The first-order valence-corrected chi connectivity index (χ1v) is 8.08. The number of hydrogen-bond donors (Lipinski definition) is 1. The average molecular weight is 275 g/mol. The van der Waals surface area contributed by atoms with Crippen LogP contribution in [-0.2, 0) is 10.0 Å². The number of sulfonamides is 1. The first kappa shape index (κ1) is 12.9. The number of nitrogens with one attached hydrogen (secondary N) is 1. The van der Waals surface area contributed by atoms with E-state index < -0.39 is 10.0 Å². The van der Waals surface area contributed by atoms with E-state index in [1.807, 2.05) is 0 Å². The normalized spacial score (nSPS) is 20.0. The van der Waals surface area contributed by atoms with Gasteiger partial charge in [-0.05, 0) is 30.7 Å². The molecule has 17 heavy (non-hydrogen) atoms. The molecule has 0 aliphatic carbocycles. The van der Waals surface area contributed by atoms with Gasteiger partial charge in [-0.25, -0.2) is 17.5 Å². The Labute approximate surface area is 105 Å². The molecule has 0 fully saturated rings. The second-order valence-electron chi connectivity index (χ2n) is 3.87. The number of benzene rings is 1. The van der Waals surface area contributed by atoms with Crippen molar-refractivity contribution in [3.8, 4) is 0 Å². The van der Waals surface area contributed by atoms with E-state index in [-0.39, 0.29) is 17.6 Å². The van der Waals surface area contributed by atoms with Gasteiger partial charge in [0.2, 0.25) is 10.0 Å². The molecule has 3 nitrogen and oxygen atoms in total. The number of rotatable bonds is 3. The Bertz CT molecular complexity index is 516. The van der Waals surface area contributed by atoms with Crippen molar-refractivity contribution in [2.45, 2.75) is 24.3 Å². The molecular formula is C11H14FNO2S2. The Hall–Kier alpha value is -0.590. The summed E-state index contributed by atoms with van der Waals surface area (Å²) < 4.78 is 39.3. The minimum Gasteiger partial charge on any atom is -0.212 e. The predicted octanol–water partition coefficient (Wildman–Crippen LogP) is 2.30. The van der Waals surface area contributed by atoms with Crippen molar-refractivity contribution in [2.24, 2.45) is 0 Å². The quantitative estimate of drug-likeness (QED) is 0.920. The summed E-state index contributed by atoms with van der Waals surface area (Å²) in [5, 5.41) is 0. The summed E-state index contributed by atoms with van der Waals surface area (Å²) in [6.45, 7) is 1.59. The second kappa shape index (κ2) is 4.96. The lowest BCUT2D eigenvalue weighted by Crippen LogP contribution is -2.32. The average Bonchev–Trinajstić information content (AvgIpc) is 2.30. The molecule has 1 N–H and O–H groups in total. The molecule has 0 saturated carbocycles. The molecule has 1 aromatic carbocycles. The number of fused-ring (bicyclic) bond motifs is 1. The standard InChI is InChI=1S/C11H14FNO2S2/c1-2-17(14,15)13-10-6-7-16-11-8(10)4-3-5-9(11)12/h3-5,10,13H,2,6-7H2,1H3.